The average Bonchev–Trinajstić information content (AvgIpc) is 3.58. The summed E-state index contributed by atoms with van der Waals surface area (Å²) >= 11 is 0. The summed E-state index contributed by atoms with van der Waals surface area (Å²) in [5.41, 5.74) is -1.25. The molecular formula is C22H26F3N3O3. The van der Waals surface area contributed by atoms with E-state index in [1.54, 1.807) is 6.92 Å². The first-order valence-electron chi connectivity index (χ1n) is 10.3. The highest BCUT2D eigenvalue weighted by atomic mass is 19.4. The van der Waals surface area contributed by atoms with Crippen molar-refractivity contribution in [3.8, 4) is 17.1 Å². The van der Waals surface area contributed by atoms with Crippen LogP contribution in [0.2, 0.25) is 0 Å². The molecule has 168 valence electrons. The van der Waals surface area contributed by atoms with Crippen LogP contribution < -0.4 is 10.1 Å². The van der Waals surface area contributed by atoms with E-state index >= 15 is 0 Å². The molecule has 6 nitrogen and oxygen atoms in total. The Morgan fingerprint density at radius 1 is 1.26 bits per heavy atom. The van der Waals surface area contributed by atoms with Crippen molar-refractivity contribution in [1.29, 1.82) is 0 Å². The number of ether oxygens (including phenoxy) is 1. The molecule has 0 bridgehead atoms. The predicted octanol–water partition coefficient (Wildman–Crippen LogP) is 4.23. The fourth-order valence-corrected chi connectivity index (χ4v) is 3.11. The molecule has 2 N–H and O–H groups in total. The first-order chi connectivity index (χ1) is 14.6. The summed E-state index contributed by atoms with van der Waals surface area (Å²) < 4.78 is 44.3. The van der Waals surface area contributed by atoms with E-state index in [2.05, 4.69) is 15.3 Å². The number of aromatic nitrogens is 2. The Balaban J connectivity index is 1.84. The van der Waals surface area contributed by atoms with Gasteiger partial charge in [-0.1, -0.05) is 25.5 Å². The normalized spacial score (nSPS) is 15.9. The van der Waals surface area contributed by atoms with Crippen LogP contribution in [0.3, 0.4) is 0 Å². The molecule has 0 radical (unpaired) electrons. The van der Waals surface area contributed by atoms with Gasteiger partial charge in [0.25, 0.3) is 5.91 Å². The third-order valence-electron chi connectivity index (χ3n) is 5.26. The van der Waals surface area contributed by atoms with E-state index < -0.39 is 23.2 Å². The number of benzene rings is 1. The number of amides is 1. The Kier molecular flexibility index (Phi) is 6.83. The van der Waals surface area contributed by atoms with Crippen LogP contribution in [0, 0.1) is 5.92 Å². The number of carbonyl (C=O) groups is 1. The zero-order valence-corrected chi connectivity index (χ0v) is 17.5. The van der Waals surface area contributed by atoms with Gasteiger partial charge in [0.2, 0.25) is 5.88 Å². The van der Waals surface area contributed by atoms with Crippen molar-refractivity contribution in [2.24, 2.45) is 5.92 Å². The van der Waals surface area contributed by atoms with Gasteiger partial charge >= 0.3 is 6.18 Å². The Morgan fingerprint density at radius 3 is 2.52 bits per heavy atom. The average molecular weight is 437 g/mol. The van der Waals surface area contributed by atoms with Gasteiger partial charge in [-0.3, -0.25) is 4.79 Å². The first-order valence-corrected chi connectivity index (χ1v) is 10.3. The molecule has 1 heterocycles. The second kappa shape index (κ2) is 9.21. The van der Waals surface area contributed by atoms with Crippen LogP contribution in [-0.4, -0.2) is 39.7 Å². The van der Waals surface area contributed by atoms with E-state index in [4.69, 9.17) is 4.74 Å². The van der Waals surface area contributed by atoms with Gasteiger partial charge in [-0.2, -0.15) is 13.2 Å². The quantitative estimate of drug-likeness (QED) is 0.574. The van der Waals surface area contributed by atoms with Gasteiger partial charge in [-0.25, -0.2) is 9.97 Å². The topological polar surface area (TPSA) is 84.3 Å². The number of unbranched alkanes of at least 4 members (excludes halogenated alkanes) is 1. The molecule has 3 rings (SSSR count). The van der Waals surface area contributed by atoms with Crippen LogP contribution in [0.4, 0.5) is 13.2 Å². The molecule has 0 saturated heterocycles. The molecule has 1 aliphatic carbocycles. The van der Waals surface area contributed by atoms with Crippen LogP contribution in [0.25, 0.3) is 11.3 Å². The first kappa shape index (κ1) is 23.0. The van der Waals surface area contributed by atoms with Crippen molar-refractivity contribution in [3.63, 3.8) is 0 Å². The second-order valence-electron chi connectivity index (χ2n) is 8.00. The maximum Gasteiger partial charge on any atom is 0.416 e. The number of nitrogens with one attached hydrogen (secondary N) is 1. The Morgan fingerprint density at radius 2 is 1.94 bits per heavy atom. The molecule has 1 saturated carbocycles. The monoisotopic (exact) mass is 437 g/mol. The van der Waals surface area contributed by atoms with Gasteiger partial charge in [0.1, 0.15) is 11.4 Å². The predicted molar refractivity (Wildman–Crippen MR) is 109 cm³/mol. The van der Waals surface area contributed by atoms with Crippen LogP contribution in [0.15, 0.2) is 30.5 Å². The number of rotatable bonds is 9. The maximum absolute atomic E-state index is 12.9. The lowest BCUT2D eigenvalue weighted by Gasteiger charge is -2.23. The van der Waals surface area contributed by atoms with Crippen molar-refractivity contribution in [2.45, 2.75) is 51.3 Å². The van der Waals surface area contributed by atoms with Crippen molar-refractivity contribution in [2.75, 3.05) is 13.2 Å². The summed E-state index contributed by atoms with van der Waals surface area (Å²) in [5, 5.41) is 13.0. The van der Waals surface area contributed by atoms with Crippen LogP contribution in [-0.2, 0) is 6.18 Å². The zero-order chi connectivity index (χ0) is 22.6. The summed E-state index contributed by atoms with van der Waals surface area (Å²) in [7, 11) is 0. The van der Waals surface area contributed by atoms with Gasteiger partial charge in [-0.15, -0.1) is 0 Å². The molecule has 2 aromatic rings. The number of alkyl halides is 3. The van der Waals surface area contributed by atoms with Crippen molar-refractivity contribution in [1.82, 2.24) is 15.3 Å². The summed E-state index contributed by atoms with van der Waals surface area (Å²) in [6, 6.07) is 4.46. The Bertz CT molecular complexity index is 910. The molecule has 0 aliphatic heterocycles. The SMILES string of the molecule is CCCCOc1ncc(C(=O)NCC(C)(O)C2CC2)nc1-c1ccc(C(F)(F)F)cc1. The highest BCUT2D eigenvalue weighted by Gasteiger charge is 2.40. The Labute approximate surface area is 178 Å². The number of hydrogen-bond donors (Lipinski definition) is 2. The summed E-state index contributed by atoms with van der Waals surface area (Å²) in [4.78, 5) is 21.1. The summed E-state index contributed by atoms with van der Waals surface area (Å²) in [5.74, 6) is -0.215. The number of aliphatic hydroxyl groups is 1. The fraction of sp³-hybridized carbons (Fsp3) is 0.500. The molecule has 1 aromatic heterocycles. The van der Waals surface area contributed by atoms with Crippen molar-refractivity contribution in [3.05, 3.63) is 41.7 Å². The highest BCUT2D eigenvalue weighted by molar-refractivity contribution is 5.92. The number of halogens is 3. The standard InChI is InChI=1S/C22H26F3N3O3/c1-3-4-11-31-20-18(14-5-7-16(8-6-14)22(23,24)25)28-17(12-26-20)19(29)27-13-21(2,30)15-9-10-15/h5-8,12,15,30H,3-4,9-11,13H2,1-2H3,(H,27,29). The van der Waals surface area contributed by atoms with E-state index in [1.165, 1.54) is 18.3 Å². The molecule has 0 spiro atoms. The van der Waals surface area contributed by atoms with Crippen molar-refractivity contribution < 1.29 is 27.8 Å². The highest BCUT2D eigenvalue weighted by Crippen LogP contribution is 2.39. The smallest absolute Gasteiger partial charge is 0.416 e. The molecule has 1 aromatic carbocycles. The molecule has 31 heavy (non-hydrogen) atoms. The van der Waals surface area contributed by atoms with Crippen LogP contribution in [0.5, 0.6) is 5.88 Å². The molecule has 1 fully saturated rings. The second-order valence-corrected chi connectivity index (χ2v) is 8.00. The molecule has 1 amide bonds. The third-order valence-corrected chi connectivity index (χ3v) is 5.26. The number of carbonyl (C=O) groups excluding carboxylic acids is 1. The van der Waals surface area contributed by atoms with E-state index in [9.17, 15) is 23.1 Å². The fourth-order valence-electron chi connectivity index (χ4n) is 3.11. The van der Waals surface area contributed by atoms with E-state index in [1.807, 2.05) is 6.92 Å². The lowest BCUT2D eigenvalue weighted by Crippen LogP contribution is -2.42. The molecule has 1 atom stereocenters. The van der Waals surface area contributed by atoms with Crippen molar-refractivity contribution >= 4 is 5.91 Å². The van der Waals surface area contributed by atoms with E-state index in [-0.39, 0.29) is 29.7 Å². The molecule has 9 heteroatoms. The number of hydrogen-bond acceptors (Lipinski definition) is 5. The summed E-state index contributed by atoms with van der Waals surface area (Å²) in [6.07, 6.45) is 0.313. The number of nitrogens with zero attached hydrogens (tertiary/aromatic N) is 2. The van der Waals surface area contributed by atoms with Gasteiger partial charge in [0, 0.05) is 12.1 Å². The van der Waals surface area contributed by atoms with E-state index in [0.717, 1.165) is 37.8 Å². The minimum absolute atomic E-state index is 0.00987. The lowest BCUT2D eigenvalue weighted by atomic mass is 10.0. The van der Waals surface area contributed by atoms with Gasteiger partial charge < -0.3 is 15.2 Å². The van der Waals surface area contributed by atoms with E-state index in [0.29, 0.717) is 12.2 Å². The minimum atomic E-state index is -4.45. The Hall–Kier alpha value is -2.68. The van der Waals surface area contributed by atoms with Gasteiger partial charge in [0.05, 0.1) is 24.0 Å². The minimum Gasteiger partial charge on any atom is -0.476 e. The third kappa shape index (κ3) is 5.94. The van der Waals surface area contributed by atoms with Crippen LogP contribution in [0.1, 0.15) is 55.6 Å². The van der Waals surface area contributed by atoms with Gasteiger partial charge in [0.15, 0.2) is 0 Å². The van der Waals surface area contributed by atoms with Crippen LogP contribution >= 0.6 is 0 Å². The largest absolute Gasteiger partial charge is 0.476 e. The van der Waals surface area contributed by atoms with Gasteiger partial charge in [-0.05, 0) is 44.2 Å². The summed E-state index contributed by atoms with van der Waals surface area (Å²) in [6.45, 7) is 4.11. The molecule has 1 aliphatic rings. The molecular weight excluding hydrogens is 411 g/mol. The zero-order valence-electron chi connectivity index (χ0n) is 17.5. The molecule has 1 unspecified atom stereocenters. The maximum atomic E-state index is 12.9. The lowest BCUT2D eigenvalue weighted by molar-refractivity contribution is -0.137.